The van der Waals surface area contributed by atoms with Gasteiger partial charge in [0.05, 0.1) is 6.61 Å². The van der Waals surface area contributed by atoms with E-state index in [1.165, 1.54) is 19.3 Å². The van der Waals surface area contributed by atoms with Crippen molar-refractivity contribution in [1.82, 2.24) is 9.88 Å². The molecule has 4 nitrogen and oxygen atoms in total. The van der Waals surface area contributed by atoms with Crippen LogP contribution in [0, 0.1) is 5.92 Å². The van der Waals surface area contributed by atoms with Crippen LogP contribution in [0.15, 0.2) is 18.3 Å². The molecule has 1 unspecified atom stereocenters. The Morgan fingerprint density at radius 3 is 2.59 bits per heavy atom. The Bertz CT molecular complexity index is 429. The molecular formula is C18H30N2O2. The summed E-state index contributed by atoms with van der Waals surface area (Å²) in [6, 6.07) is 3.77. The van der Waals surface area contributed by atoms with Gasteiger partial charge in [-0.2, -0.15) is 0 Å². The van der Waals surface area contributed by atoms with Crippen molar-refractivity contribution < 1.29 is 9.53 Å². The Hall–Kier alpha value is -1.42. The summed E-state index contributed by atoms with van der Waals surface area (Å²) in [6.07, 6.45) is 6.93. The summed E-state index contributed by atoms with van der Waals surface area (Å²) in [7, 11) is 4.23. The van der Waals surface area contributed by atoms with Crippen LogP contribution in [-0.4, -0.2) is 42.9 Å². The second-order valence-electron chi connectivity index (χ2n) is 6.27. The minimum atomic E-state index is 0.152. The monoisotopic (exact) mass is 306 g/mol. The number of ketones is 1. The predicted octanol–water partition coefficient (Wildman–Crippen LogP) is 3.35. The number of ether oxygens (including phenoxy) is 1. The SMILES string of the molecule is CCCC(CCOc1ccc(CC(C)=O)cn1)CCN(C)C. The molecular weight excluding hydrogens is 276 g/mol. The number of aromatic nitrogens is 1. The van der Waals surface area contributed by atoms with E-state index in [0.717, 1.165) is 18.5 Å². The van der Waals surface area contributed by atoms with Crippen LogP contribution in [0.1, 0.15) is 45.1 Å². The fraction of sp³-hybridized carbons (Fsp3) is 0.667. The minimum absolute atomic E-state index is 0.152. The van der Waals surface area contributed by atoms with Crippen LogP contribution in [0.3, 0.4) is 0 Å². The minimum Gasteiger partial charge on any atom is -0.478 e. The molecule has 0 aromatic carbocycles. The average molecular weight is 306 g/mol. The molecule has 4 heteroatoms. The molecule has 0 aliphatic heterocycles. The Labute approximate surface area is 134 Å². The second-order valence-corrected chi connectivity index (χ2v) is 6.27. The standard InChI is InChI=1S/C18H30N2O2/c1-5-6-16(9-11-20(3)4)10-12-22-18-8-7-17(14-19-18)13-15(2)21/h7-8,14,16H,5-6,9-13H2,1-4H3. The lowest BCUT2D eigenvalue weighted by Crippen LogP contribution is -2.18. The molecule has 22 heavy (non-hydrogen) atoms. The molecule has 1 heterocycles. The van der Waals surface area contributed by atoms with Crippen molar-refractivity contribution in [3.8, 4) is 5.88 Å². The Balaban J connectivity index is 2.35. The van der Waals surface area contributed by atoms with Gasteiger partial charge in [0.15, 0.2) is 0 Å². The molecule has 0 radical (unpaired) electrons. The lowest BCUT2D eigenvalue weighted by molar-refractivity contribution is -0.116. The average Bonchev–Trinajstić information content (AvgIpc) is 2.46. The van der Waals surface area contributed by atoms with Gasteiger partial charge < -0.3 is 9.64 Å². The van der Waals surface area contributed by atoms with Crippen molar-refractivity contribution in [2.24, 2.45) is 5.92 Å². The van der Waals surface area contributed by atoms with Gasteiger partial charge in [0, 0.05) is 18.7 Å². The Morgan fingerprint density at radius 2 is 2.05 bits per heavy atom. The highest BCUT2D eigenvalue weighted by molar-refractivity contribution is 5.78. The first-order valence-corrected chi connectivity index (χ1v) is 8.23. The summed E-state index contributed by atoms with van der Waals surface area (Å²) in [5, 5.41) is 0. The van der Waals surface area contributed by atoms with E-state index < -0.39 is 0 Å². The van der Waals surface area contributed by atoms with E-state index in [1.54, 1.807) is 13.1 Å². The van der Waals surface area contributed by atoms with E-state index >= 15 is 0 Å². The lowest BCUT2D eigenvalue weighted by atomic mass is 9.96. The van der Waals surface area contributed by atoms with Crippen molar-refractivity contribution in [2.75, 3.05) is 27.2 Å². The van der Waals surface area contributed by atoms with E-state index in [4.69, 9.17) is 4.74 Å². The van der Waals surface area contributed by atoms with Crippen molar-refractivity contribution in [2.45, 2.75) is 46.0 Å². The van der Waals surface area contributed by atoms with Crippen molar-refractivity contribution in [1.29, 1.82) is 0 Å². The zero-order chi connectivity index (χ0) is 16.4. The van der Waals surface area contributed by atoms with Crippen molar-refractivity contribution in [3.63, 3.8) is 0 Å². The molecule has 1 atom stereocenters. The number of pyridine rings is 1. The molecule has 1 rings (SSSR count). The Kier molecular flexibility index (Phi) is 8.75. The predicted molar refractivity (Wildman–Crippen MR) is 90.3 cm³/mol. The summed E-state index contributed by atoms with van der Waals surface area (Å²) in [5.74, 6) is 1.51. The summed E-state index contributed by atoms with van der Waals surface area (Å²) < 4.78 is 5.74. The summed E-state index contributed by atoms with van der Waals surface area (Å²) >= 11 is 0. The molecule has 0 saturated heterocycles. The third-order valence-corrected chi connectivity index (χ3v) is 3.71. The molecule has 0 bridgehead atoms. The van der Waals surface area contributed by atoms with Crippen molar-refractivity contribution in [3.05, 3.63) is 23.9 Å². The molecule has 0 N–H and O–H groups in total. The van der Waals surface area contributed by atoms with Gasteiger partial charge in [-0.3, -0.25) is 4.79 Å². The molecule has 0 spiro atoms. The molecule has 0 saturated carbocycles. The van der Waals surface area contributed by atoms with Crippen LogP contribution < -0.4 is 4.74 Å². The smallest absolute Gasteiger partial charge is 0.213 e. The van der Waals surface area contributed by atoms with Crippen molar-refractivity contribution >= 4 is 5.78 Å². The number of hydrogen-bond acceptors (Lipinski definition) is 4. The zero-order valence-corrected chi connectivity index (χ0v) is 14.5. The second kappa shape index (κ2) is 10.3. The summed E-state index contributed by atoms with van der Waals surface area (Å²) in [4.78, 5) is 17.6. The van der Waals surface area contributed by atoms with Gasteiger partial charge in [-0.05, 0) is 51.9 Å². The fourth-order valence-corrected chi connectivity index (χ4v) is 2.50. The van der Waals surface area contributed by atoms with E-state index in [1.807, 2.05) is 12.1 Å². The topological polar surface area (TPSA) is 42.4 Å². The maximum atomic E-state index is 11.1. The van der Waals surface area contributed by atoms with E-state index in [0.29, 0.717) is 24.8 Å². The fourth-order valence-electron chi connectivity index (χ4n) is 2.50. The van der Waals surface area contributed by atoms with Crippen LogP contribution in [0.4, 0.5) is 0 Å². The highest BCUT2D eigenvalue weighted by atomic mass is 16.5. The summed E-state index contributed by atoms with van der Waals surface area (Å²) in [5.41, 5.74) is 0.940. The first kappa shape index (κ1) is 18.6. The van der Waals surface area contributed by atoms with Crippen LogP contribution in [0.25, 0.3) is 0 Å². The molecule has 0 aliphatic carbocycles. The maximum Gasteiger partial charge on any atom is 0.213 e. The quantitative estimate of drug-likeness (QED) is 0.629. The normalized spacial score (nSPS) is 12.4. The van der Waals surface area contributed by atoms with Gasteiger partial charge in [-0.15, -0.1) is 0 Å². The number of rotatable bonds is 11. The zero-order valence-electron chi connectivity index (χ0n) is 14.5. The maximum absolute atomic E-state index is 11.1. The number of hydrogen-bond donors (Lipinski definition) is 0. The van der Waals surface area contributed by atoms with Gasteiger partial charge in [0.2, 0.25) is 5.88 Å². The van der Waals surface area contributed by atoms with E-state index in [2.05, 4.69) is 30.9 Å². The third kappa shape index (κ3) is 8.13. The van der Waals surface area contributed by atoms with Gasteiger partial charge >= 0.3 is 0 Å². The van der Waals surface area contributed by atoms with Crippen LogP contribution in [0.5, 0.6) is 5.88 Å². The number of nitrogens with zero attached hydrogens (tertiary/aromatic N) is 2. The summed E-state index contributed by atoms with van der Waals surface area (Å²) in [6.45, 7) is 5.66. The first-order chi connectivity index (χ1) is 10.5. The largest absolute Gasteiger partial charge is 0.478 e. The number of carbonyl (C=O) groups excluding carboxylic acids is 1. The molecule has 0 amide bonds. The van der Waals surface area contributed by atoms with Crippen LogP contribution >= 0.6 is 0 Å². The van der Waals surface area contributed by atoms with E-state index in [9.17, 15) is 4.79 Å². The highest BCUT2D eigenvalue weighted by Crippen LogP contribution is 2.17. The van der Waals surface area contributed by atoms with E-state index in [-0.39, 0.29) is 5.78 Å². The molecule has 1 aromatic heterocycles. The third-order valence-electron chi connectivity index (χ3n) is 3.71. The Morgan fingerprint density at radius 1 is 1.27 bits per heavy atom. The van der Waals surface area contributed by atoms with Crippen LogP contribution in [0.2, 0.25) is 0 Å². The van der Waals surface area contributed by atoms with Crippen LogP contribution in [-0.2, 0) is 11.2 Å². The van der Waals surface area contributed by atoms with Gasteiger partial charge in [-0.1, -0.05) is 25.8 Å². The number of carbonyl (C=O) groups is 1. The highest BCUT2D eigenvalue weighted by Gasteiger charge is 2.09. The molecule has 124 valence electrons. The molecule has 0 fully saturated rings. The first-order valence-electron chi connectivity index (χ1n) is 8.23. The molecule has 0 aliphatic rings. The van der Waals surface area contributed by atoms with Gasteiger partial charge in [-0.25, -0.2) is 4.98 Å². The molecule has 1 aromatic rings. The number of Topliss-reactive ketones (excluding diaryl/α,β-unsaturated/α-hetero) is 1. The lowest BCUT2D eigenvalue weighted by Gasteiger charge is -2.18. The van der Waals surface area contributed by atoms with Gasteiger partial charge in [0.1, 0.15) is 5.78 Å². The van der Waals surface area contributed by atoms with Gasteiger partial charge in [0.25, 0.3) is 0 Å².